The molecule has 262 valence electrons. The van der Waals surface area contributed by atoms with Gasteiger partial charge in [0.05, 0.1) is 11.1 Å². The number of hydrogen-bond acceptors (Lipinski definition) is 2. The maximum absolute atomic E-state index is 6.40. The average molecular weight is 714 g/mol. The van der Waals surface area contributed by atoms with Crippen LogP contribution in [0.2, 0.25) is 0 Å². The van der Waals surface area contributed by atoms with Crippen LogP contribution in [-0.2, 0) is 0 Å². The summed E-state index contributed by atoms with van der Waals surface area (Å²) >= 11 is 0. The van der Waals surface area contributed by atoms with Crippen molar-refractivity contribution in [2.75, 3.05) is 4.90 Å². The van der Waals surface area contributed by atoms with E-state index >= 15 is 0 Å². The first-order chi connectivity index (χ1) is 27.7. The molecular formula is C54H35NO. The molecule has 0 N–H and O–H groups in total. The SMILES string of the molecule is c1cc(-c2ccc(-c3ccc4ccccc4c3)cc2)cc(N(c2ccc(-c3ccc4ccc5ccccc5c4c3)cc2)c2cccc3oc4ccccc4c23)c1. The Morgan fingerprint density at radius 1 is 0.286 bits per heavy atom. The number of anilines is 3. The number of para-hydroxylation sites is 1. The molecule has 2 heteroatoms. The Hall–Kier alpha value is -7.42. The Kier molecular flexibility index (Phi) is 7.53. The van der Waals surface area contributed by atoms with Crippen molar-refractivity contribution in [2.45, 2.75) is 0 Å². The van der Waals surface area contributed by atoms with Crippen molar-refractivity contribution in [1.29, 1.82) is 0 Å². The van der Waals surface area contributed by atoms with Crippen LogP contribution in [-0.4, -0.2) is 0 Å². The van der Waals surface area contributed by atoms with Crippen molar-refractivity contribution < 1.29 is 4.42 Å². The van der Waals surface area contributed by atoms with E-state index in [1.165, 1.54) is 60.1 Å². The summed E-state index contributed by atoms with van der Waals surface area (Å²) in [4.78, 5) is 2.37. The lowest BCUT2D eigenvalue weighted by Crippen LogP contribution is -2.10. The minimum atomic E-state index is 0.870. The van der Waals surface area contributed by atoms with Crippen molar-refractivity contribution in [3.63, 3.8) is 0 Å². The van der Waals surface area contributed by atoms with Crippen molar-refractivity contribution >= 4 is 71.3 Å². The van der Waals surface area contributed by atoms with Crippen LogP contribution in [0.3, 0.4) is 0 Å². The van der Waals surface area contributed by atoms with Crippen LogP contribution in [0.15, 0.2) is 217 Å². The molecule has 0 amide bonds. The summed E-state index contributed by atoms with van der Waals surface area (Å²) in [5.41, 5.74) is 12.1. The Balaban J connectivity index is 1.01. The third kappa shape index (κ3) is 5.51. The van der Waals surface area contributed by atoms with Crippen molar-refractivity contribution in [2.24, 2.45) is 0 Å². The molecule has 0 saturated carbocycles. The molecule has 10 aromatic carbocycles. The van der Waals surface area contributed by atoms with Crippen LogP contribution < -0.4 is 4.90 Å². The van der Waals surface area contributed by atoms with E-state index in [4.69, 9.17) is 4.42 Å². The maximum atomic E-state index is 6.40. The first-order valence-corrected chi connectivity index (χ1v) is 19.2. The van der Waals surface area contributed by atoms with Crippen molar-refractivity contribution in [1.82, 2.24) is 0 Å². The van der Waals surface area contributed by atoms with Gasteiger partial charge in [-0.25, -0.2) is 0 Å². The second kappa shape index (κ2) is 13.2. The minimum absolute atomic E-state index is 0.870. The molecular weight excluding hydrogens is 679 g/mol. The number of rotatable bonds is 6. The highest BCUT2D eigenvalue weighted by atomic mass is 16.3. The van der Waals surface area contributed by atoms with E-state index in [0.29, 0.717) is 0 Å². The minimum Gasteiger partial charge on any atom is -0.456 e. The van der Waals surface area contributed by atoms with Gasteiger partial charge in [-0.05, 0) is 120 Å². The highest BCUT2D eigenvalue weighted by Gasteiger charge is 2.20. The maximum Gasteiger partial charge on any atom is 0.137 e. The molecule has 0 saturated heterocycles. The zero-order valence-electron chi connectivity index (χ0n) is 30.6. The van der Waals surface area contributed by atoms with Gasteiger partial charge in [-0.3, -0.25) is 0 Å². The quantitative estimate of drug-likeness (QED) is 0.160. The van der Waals surface area contributed by atoms with Gasteiger partial charge >= 0.3 is 0 Å². The molecule has 0 atom stereocenters. The fourth-order valence-electron chi connectivity index (χ4n) is 8.40. The van der Waals surface area contributed by atoms with Crippen LogP contribution >= 0.6 is 0 Å². The molecule has 56 heavy (non-hydrogen) atoms. The van der Waals surface area contributed by atoms with Crippen molar-refractivity contribution in [3.05, 3.63) is 212 Å². The van der Waals surface area contributed by atoms with Crippen LogP contribution in [0.25, 0.3) is 87.6 Å². The molecule has 11 aromatic rings. The molecule has 1 aromatic heterocycles. The lowest BCUT2D eigenvalue weighted by atomic mass is 9.97. The van der Waals surface area contributed by atoms with Gasteiger partial charge in [0.15, 0.2) is 0 Å². The van der Waals surface area contributed by atoms with E-state index in [1.54, 1.807) is 0 Å². The number of fused-ring (bicyclic) bond motifs is 7. The second-order valence-electron chi connectivity index (χ2n) is 14.5. The smallest absolute Gasteiger partial charge is 0.137 e. The van der Waals surface area contributed by atoms with Gasteiger partial charge in [0, 0.05) is 16.8 Å². The van der Waals surface area contributed by atoms with E-state index in [0.717, 1.165) is 44.6 Å². The number of nitrogens with zero attached hydrogens (tertiary/aromatic N) is 1. The molecule has 11 rings (SSSR count). The largest absolute Gasteiger partial charge is 0.456 e. The van der Waals surface area contributed by atoms with Crippen LogP contribution in [0.5, 0.6) is 0 Å². The lowest BCUT2D eigenvalue weighted by molar-refractivity contribution is 0.669. The van der Waals surface area contributed by atoms with Gasteiger partial charge in [-0.15, -0.1) is 0 Å². The predicted octanol–water partition coefficient (Wildman–Crippen LogP) is 15.5. The standard InChI is InChI=1S/C54H35NO/c1-2-11-42-33-44(27-23-36(42)9-1)38-21-19-37(20-22-38)43-12-7-13-47(34-43)55(51-16-8-18-53-54(51)49-15-5-6-17-52(49)56-53)46-31-29-39(30-32-46)45-28-26-41-25-24-40-10-3-4-14-48(40)50(41)35-45/h1-35H. The van der Waals surface area contributed by atoms with E-state index in [1.807, 2.05) is 12.1 Å². The van der Waals surface area contributed by atoms with Crippen LogP contribution in [0.4, 0.5) is 17.1 Å². The van der Waals surface area contributed by atoms with Crippen LogP contribution in [0.1, 0.15) is 0 Å². The molecule has 0 aliphatic carbocycles. The average Bonchev–Trinajstić information content (AvgIpc) is 3.66. The lowest BCUT2D eigenvalue weighted by Gasteiger charge is -2.27. The van der Waals surface area contributed by atoms with Crippen LogP contribution in [0, 0.1) is 0 Å². The van der Waals surface area contributed by atoms with Crippen molar-refractivity contribution in [3.8, 4) is 33.4 Å². The summed E-state index contributed by atoms with van der Waals surface area (Å²) < 4.78 is 6.40. The molecule has 0 bridgehead atoms. The van der Waals surface area contributed by atoms with Gasteiger partial charge in [0.25, 0.3) is 0 Å². The van der Waals surface area contributed by atoms with E-state index in [9.17, 15) is 0 Å². The Morgan fingerprint density at radius 2 is 0.821 bits per heavy atom. The third-order valence-corrected chi connectivity index (χ3v) is 11.2. The third-order valence-electron chi connectivity index (χ3n) is 11.2. The van der Waals surface area contributed by atoms with E-state index < -0.39 is 0 Å². The summed E-state index contributed by atoms with van der Waals surface area (Å²) in [6.07, 6.45) is 0. The highest BCUT2D eigenvalue weighted by molar-refractivity contribution is 6.13. The molecule has 0 spiro atoms. The van der Waals surface area contributed by atoms with Gasteiger partial charge in [0.1, 0.15) is 11.2 Å². The fraction of sp³-hybridized carbons (Fsp3) is 0. The van der Waals surface area contributed by atoms with E-state index in [2.05, 4.69) is 205 Å². The molecule has 1 heterocycles. The summed E-state index contributed by atoms with van der Waals surface area (Å²) in [5, 5.41) is 9.75. The highest BCUT2D eigenvalue weighted by Crippen LogP contribution is 2.44. The van der Waals surface area contributed by atoms with Gasteiger partial charge in [0.2, 0.25) is 0 Å². The topological polar surface area (TPSA) is 16.4 Å². The molecule has 2 nitrogen and oxygen atoms in total. The second-order valence-corrected chi connectivity index (χ2v) is 14.5. The monoisotopic (exact) mass is 713 g/mol. The Bertz CT molecular complexity index is 3250. The van der Waals surface area contributed by atoms with E-state index in [-0.39, 0.29) is 0 Å². The molecule has 0 aliphatic rings. The predicted molar refractivity (Wildman–Crippen MR) is 237 cm³/mol. The Labute approximate surface area is 325 Å². The molecule has 0 fully saturated rings. The first-order valence-electron chi connectivity index (χ1n) is 19.2. The van der Waals surface area contributed by atoms with Gasteiger partial charge in [-0.1, -0.05) is 158 Å². The molecule has 0 aliphatic heterocycles. The summed E-state index contributed by atoms with van der Waals surface area (Å²) in [5.74, 6) is 0. The van der Waals surface area contributed by atoms with Gasteiger partial charge in [-0.2, -0.15) is 0 Å². The summed E-state index contributed by atoms with van der Waals surface area (Å²) in [7, 11) is 0. The Morgan fingerprint density at radius 3 is 1.61 bits per heavy atom. The first kappa shape index (κ1) is 32.0. The summed E-state index contributed by atoms with van der Waals surface area (Å²) in [6, 6.07) is 76.6. The normalized spacial score (nSPS) is 11.6. The molecule has 0 unspecified atom stereocenters. The number of hydrogen-bond donors (Lipinski definition) is 0. The number of furan rings is 1. The number of benzene rings is 10. The summed E-state index contributed by atoms with van der Waals surface area (Å²) in [6.45, 7) is 0. The van der Waals surface area contributed by atoms with Gasteiger partial charge < -0.3 is 9.32 Å². The zero-order chi connectivity index (χ0) is 37.0. The molecule has 0 radical (unpaired) electrons. The fourth-order valence-corrected chi connectivity index (χ4v) is 8.40. The zero-order valence-corrected chi connectivity index (χ0v) is 30.6.